The first-order valence-electron chi connectivity index (χ1n) is 11.1. The number of benzene rings is 1. The fraction of sp³-hybridized carbons (Fsp3) is 0.522. The molecule has 0 radical (unpaired) electrons. The van der Waals surface area contributed by atoms with Crippen LogP contribution in [0.5, 0.6) is 0 Å². The minimum Gasteiger partial charge on any atom is -0.356 e. The molecule has 1 aromatic heterocycles. The number of hydrogen-bond donors (Lipinski definition) is 1. The van der Waals surface area contributed by atoms with Crippen molar-refractivity contribution in [2.45, 2.75) is 55.8 Å². The molecule has 0 aliphatic carbocycles. The van der Waals surface area contributed by atoms with E-state index in [1.54, 1.807) is 0 Å². The highest BCUT2D eigenvalue weighted by Crippen LogP contribution is 2.33. The lowest BCUT2D eigenvalue weighted by molar-refractivity contribution is -0.169. The molecule has 2 saturated heterocycles. The van der Waals surface area contributed by atoms with Gasteiger partial charge in [-0.05, 0) is 31.0 Å². The van der Waals surface area contributed by atoms with E-state index in [0.29, 0.717) is 34.8 Å². The molecule has 172 valence electrons. The lowest BCUT2D eigenvalue weighted by atomic mass is 10.0. The third-order valence-corrected chi connectivity index (χ3v) is 7.01. The molecule has 0 bridgehead atoms. The number of carbonyl (C=O) groups excluding carboxylic acids is 1. The lowest BCUT2D eigenvalue weighted by Crippen LogP contribution is -2.45. The Balaban J connectivity index is 1.35. The molecule has 1 N–H and O–H groups in total. The van der Waals surface area contributed by atoms with Gasteiger partial charge in [-0.2, -0.15) is 0 Å². The number of anilines is 1. The van der Waals surface area contributed by atoms with Crippen LogP contribution in [0.3, 0.4) is 0 Å². The van der Waals surface area contributed by atoms with Crippen LogP contribution >= 0.6 is 23.4 Å². The van der Waals surface area contributed by atoms with Gasteiger partial charge in [0.15, 0.2) is 10.9 Å². The van der Waals surface area contributed by atoms with E-state index in [1.165, 1.54) is 11.8 Å². The number of thioether (sulfide) groups is 1. The van der Waals surface area contributed by atoms with E-state index in [-0.39, 0.29) is 11.9 Å². The summed E-state index contributed by atoms with van der Waals surface area (Å²) in [6, 6.07) is 9.62. The topological polar surface area (TPSA) is 76.6 Å². The summed E-state index contributed by atoms with van der Waals surface area (Å²) in [7, 11) is 0. The third kappa shape index (κ3) is 5.73. The highest BCUT2D eigenvalue weighted by Gasteiger charge is 2.40. The third-order valence-electron chi connectivity index (χ3n) is 5.90. The first-order chi connectivity index (χ1) is 15.5. The lowest BCUT2D eigenvalue weighted by Gasteiger charge is -2.38. The molecule has 7 nitrogen and oxygen atoms in total. The molecule has 2 fully saturated rings. The van der Waals surface area contributed by atoms with Gasteiger partial charge < -0.3 is 19.7 Å². The number of ether oxygens (including phenoxy) is 2. The molecule has 4 rings (SSSR count). The maximum atomic E-state index is 12.2. The van der Waals surface area contributed by atoms with E-state index >= 15 is 0 Å². The molecule has 9 heteroatoms. The van der Waals surface area contributed by atoms with E-state index in [0.717, 1.165) is 43.7 Å². The van der Waals surface area contributed by atoms with Crippen LogP contribution in [0.25, 0.3) is 0 Å². The number of rotatable bonds is 7. The van der Waals surface area contributed by atoms with Crippen LogP contribution < -0.4 is 10.2 Å². The number of piperidine rings is 1. The quantitative estimate of drug-likeness (QED) is 0.363. The van der Waals surface area contributed by atoms with Gasteiger partial charge in [0, 0.05) is 49.4 Å². The van der Waals surface area contributed by atoms with Crippen molar-refractivity contribution in [1.29, 1.82) is 0 Å². The van der Waals surface area contributed by atoms with Crippen molar-refractivity contribution in [3.63, 3.8) is 0 Å². The standard InChI is InChI=1S/C23H29ClN4O3S/c1-3-16(2)25-21(29)18-6-4-17(5-7-18)15-32-22-26-19(24)14-20(27-22)28-10-8-23(9-11-28)30-12-13-31-23/h4-7,14,16H,3,8-13,15H2,1-2H3,(H,25,29). The molecular formula is C23H29ClN4O3S. The average molecular weight is 477 g/mol. The Hall–Kier alpha value is -1.87. The first kappa shape index (κ1) is 23.3. The minimum atomic E-state index is -0.414. The molecule has 1 atom stereocenters. The van der Waals surface area contributed by atoms with Gasteiger partial charge in [0.2, 0.25) is 0 Å². The highest BCUT2D eigenvalue weighted by atomic mass is 35.5. The number of amides is 1. The van der Waals surface area contributed by atoms with Crippen LogP contribution in [0.4, 0.5) is 5.82 Å². The van der Waals surface area contributed by atoms with Crippen molar-refractivity contribution in [3.05, 3.63) is 46.6 Å². The fourth-order valence-electron chi connectivity index (χ4n) is 3.78. The number of aromatic nitrogens is 2. The normalized spacial score (nSPS) is 18.7. The van der Waals surface area contributed by atoms with Crippen molar-refractivity contribution in [2.75, 3.05) is 31.2 Å². The van der Waals surface area contributed by atoms with Crippen LogP contribution in [-0.2, 0) is 15.2 Å². The summed E-state index contributed by atoms with van der Waals surface area (Å²) < 4.78 is 11.6. The number of nitrogens with one attached hydrogen (secondary N) is 1. The van der Waals surface area contributed by atoms with Gasteiger partial charge in [0.1, 0.15) is 11.0 Å². The van der Waals surface area contributed by atoms with Crippen molar-refractivity contribution >= 4 is 35.1 Å². The Morgan fingerprint density at radius 3 is 2.56 bits per heavy atom. The maximum absolute atomic E-state index is 12.2. The highest BCUT2D eigenvalue weighted by molar-refractivity contribution is 7.98. The number of carbonyl (C=O) groups is 1. The first-order valence-corrected chi connectivity index (χ1v) is 12.4. The van der Waals surface area contributed by atoms with Gasteiger partial charge >= 0.3 is 0 Å². The molecular weight excluding hydrogens is 448 g/mol. The molecule has 3 heterocycles. The summed E-state index contributed by atoms with van der Waals surface area (Å²) in [5, 5.41) is 4.06. The number of halogens is 1. The molecule has 2 aromatic rings. The second-order valence-corrected chi connectivity index (χ2v) is 9.52. The van der Waals surface area contributed by atoms with Crippen molar-refractivity contribution in [3.8, 4) is 0 Å². The van der Waals surface area contributed by atoms with E-state index in [1.807, 2.05) is 37.3 Å². The Morgan fingerprint density at radius 1 is 1.22 bits per heavy atom. The van der Waals surface area contributed by atoms with Crippen LogP contribution in [0.15, 0.2) is 35.5 Å². The number of hydrogen-bond acceptors (Lipinski definition) is 7. The molecule has 1 aromatic carbocycles. The van der Waals surface area contributed by atoms with Crippen molar-refractivity contribution in [1.82, 2.24) is 15.3 Å². The predicted octanol–water partition coefficient (Wildman–Crippen LogP) is 4.29. The Morgan fingerprint density at radius 2 is 1.91 bits per heavy atom. The minimum absolute atomic E-state index is 0.0434. The van der Waals surface area contributed by atoms with E-state index in [4.69, 9.17) is 26.1 Å². The van der Waals surface area contributed by atoms with Gasteiger partial charge in [-0.3, -0.25) is 4.79 Å². The Labute approximate surface area is 198 Å². The SMILES string of the molecule is CCC(C)NC(=O)c1ccc(CSc2nc(Cl)cc(N3CCC4(CC3)OCCO4)n2)cc1. The molecule has 0 saturated carbocycles. The maximum Gasteiger partial charge on any atom is 0.251 e. The molecule has 1 spiro atoms. The fourth-order valence-corrected chi connectivity index (χ4v) is 4.82. The Bertz CT molecular complexity index is 927. The van der Waals surface area contributed by atoms with Gasteiger partial charge in [0.25, 0.3) is 5.91 Å². The van der Waals surface area contributed by atoms with Crippen molar-refractivity contribution < 1.29 is 14.3 Å². The summed E-state index contributed by atoms with van der Waals surface area (Å²) in [5.74, 6) is 1.07. The van der Waals surface area contributed by atoms with E-state index in [9.17, 15) is 4.79 Å². The second-order valence-electron chi connectivity index (χ2n) is 8.19. The van der Waals surface area contributed by atoms with E-state index in [2.05, 4.69) is 22.1 Å². The molecule has 2 aliphatic rings. The second kappa shape index (κ2) is 10.4. The Kier molecular flexibility index (Phi) is 7.55. The average Bonchev–Trinajstić information content (AvgIpc) is 3.25. The smallest absolute Gasteiger partial charge is 0.251 e. The van der Waals surface area contributed by atoms with Gasteiger partial charge in [-0.1, -0.05) is 42.4 Å². The van der Waals surface area contributed by atoms with E-state index < -0.39 is 5.79 Å². The summed E-state index contributed by atoms with van der Waals surface area (Å²) in [5.41, 5.74) is 1.76. The zero-order chi connectivity index (χ0) is 22.6. The van der Waals surface area contributed by atoms with Crippen LogP contribution in [0, 0.1) is 0 Å². The molecule has 2 aliphatic heterocycles. The molecule has 32 heavy (non-hydrogen) atoms. The summed E-state index contributed by atoms with van der Waals surface area (Å²) in [6.45, 7) is 7.00. The predicted molar refractivity (Wildman–Crippen MR) is 126 cm³/mol. The van der Waals surface area contributed by atoms with Crippen LogP contribution in [0.2, 0.25) is 5.15 Å². The van der Waals surface area contributed by atoms with Crippen LogP contribution in [-0.4, -0.2) is 54.0 Å². The van der Waals surface area contributed by atoms with Crippen molar-refractivity contribution in [2.24, 2.45) is 0 Å². The van der Waals surface area contributed by atoms with Gasteiger partial charge in [0.05, 0.1) is 13.2 Å². The molecule has 1 unspecified atom stereocenters. The monoisotopic (exact) mass is 476 g/mol. The summed E-state index contributed by atoms with van der Waals surface area (Å²) in [6.07, 6.45) is 2.53. The van der Waals surface area contributed by atoms with Crippen LogP contribution in [0.1, 0.15) is 49.0 Å². The van der Waals surface area contributed by atoms with Gasteiger partial charge in [-0.25, -0.2) is 9.97 Å². The molecule has 1 amide bonds. The zero-order valence-electron chi connectivity index (χ0n) is 18.5. The number of nitrogens with zero attached hydrogens (tertiary/aromatic N) is 3. The van der Waals surface area contributed by atoms with Gasteiger partial charge in [-0.15, -0.1) is 0 Å². The zero-order valence-corrected chi connectivity index (χ0v) is 20.0. The summed E-state index contributed by atoms with van der Waals surface area (Å²) in [4.78, 5) is 23.6. The summed E-state index contributed by atoms with van der Waals surface area (Å²) >= 11 is 7.83. The largest absolute Gasteiger partial charge is 0.356 e.